The van der Waals surface area contributed by atoms with Crippen LogP contribution in [0.4, 0.5) is 4.79 Å². The summed E-state index contributed by atoms with van der Waals surface area (Å²) in [5.41, 5.74) is 2.00. The standard InChI is InChI=1S/C13H11NO4/c1-2-17-13(16)14-6-8-7-18-12(15)9-4-3-5-10(14)11(8)9/h3-6H,2,7H2,1H3. The number of hydrogen-bond acceptors (Lipinski definition) is 4. The van der Waals surface area contributed by atoms with E-state index in [9.17, 15) is 9.59 Å². The predicted molar refractivity (Wildman–Crippen MR) is 63.5 cm³/mol. The molecule has 1 aromatic carbocycles. The summed E-state index contributed by atoms with van der Waals surface area (Å²) in [6.07, 6.45) is 1.22. The van der Waals surface area contributed by atoms with Crippen LogP contribution in [0.3, 0.4) is 0 Å². The van der Waals surface area contributed by atoms with Crippen LogP contribution < -0.4 is 0 Å². The first-order valence-electron chi connectivity index (χ1n) is 5.69. The quantitative estimate of drug-likeness (QED) is 0.723. The lowest BCUT2D eigenvalue weighted by Crippen LogP contribution is -2.12. The highest BCUT2D eigenvalue weighted by atomic mass is 16.5. The average molecular weight is 245 g/mol. The number of rotatable bonds is 1. The fraction of sp³-hybridized carbons (Fsp3) is 0.231. The van der Waals surface area contributed by atoms with Gasteiger partial charge in [-0.25, -0.2) is 9.59 Å². The number of aromatic nitrogens is 1. The molecule has 0 bridgehead atoms. The monoisotopic (exact) mass is 245 g/mol. The molecule has 18 heavy (non-hydrogen) atoms. The summed E-state index contributed by atoms with van der Waals surface area (Å²) in [4.78, 5) is 23.4. The SMILES string of the molecule is CCOC(=O)n1cc2c3c(cccc31)C(=O)OC2. The van der Waals surface area contributed by atoms with Crippen molar-refractivity contribution in [3.63, 3.8) is 0 Å². The van der Waals surface area contributed by atoms with E-state index in [1.807, 2.05) is 0 Å². The molecule has 2 heterocycles. The van der Waals surface area contributed by atoms with Crippen molar-refractivity contribution in [1.82, 2.24) is 4.57 Å². The molecule has 0 fully saturated rings. The molecule has 0 aliphatic carbocycles. The lowest BCUT2D eigenvalue weighted by atomic mass is 10.1. The van der Waals surface area contributed by atoms with Gasteiger partial charge in [-0.05, 0) is 19.1 Å². The Morgan fingerprint density at radius 1 is 1.50 bits per heavy atom. The Labute approximate surface area is 103 Å². The number of hydrogen-bond donors (Lipinski definition) is 0. The largest absolute Gasteiger partial charge is 0.457 e. The van der Waals surface area contributed by atoms with Gasteiger partial charge in [0.05, 0.1) is 17.7 Å². The van der Waals surface area contributed by atoms with Crippen LogP contribution in [0.15, 0.2) is 24.4 Å². The molecule has 92 valence electrons. The predicted octanol–water partition coefficient (Wildman–Crippen LogP) is 2.32. The summed E-state index contributed by atoms with van der Waals surface area (Å²) in [5, 5.41) is 0.779. The van der Waals surface area contributed by atoms with Crippen LogP contribution in [0.2, 0.25) is 0 Å². The summed E-state index contributed by atoms with van der Waals surface area (Å²) in [6.45, 7) is 2.25. The van der Waals surface area contributed by atoms with Gasteiger partial charge in [-0.15, -0.1) is 0 Å². The van der Waals surface area contributed by atoms with E-state index in [0.717, 1.165) is 10.9 Å². The number of nitrogens with zero attached hydrogens (tertiary/aromatic N) is 1. The zero-order valence-electron chi connectivity index (χ0n) is 9.80. The molecule has 0 saturated carbocycles. The minimum Gasteiger partial charge on any atom is -0.457 e. The normalized spacial score (nSPS) is 13.5. The van der Waals surface area contributed by atoms with Crippen molar-refractivity contribution in [2.75, 3.05) is 6.61 Å². The van der Waals surface area contributed by atoms with E-state index in [-0.39, 0.29) is 12.6 Å². The first-order valence-corrected chi connectivity index (χ1v) is 5.69. The highest BCUT2D eigenvalue weighted by Crippen LogP contribution is 2.30. The Bertz CT molecular complexity index is 656. The Hall–Kier alpha value is -2.30. The Morgan fingerprint density at radius 2 is 2.33 bits per heavy atom. The maximum atomic E-state index is 11.8. The summed E-state index contributed by atoms with van der Waals surface area (Å²) in [6, 6.07) is 5.21. The van der Waals surface area contributed by atoms with Crippen molar-refractivity contribution in [1.29, 1.82) is 0 Å². The second-order valence-corrected chi connectivity index (χ2v) is 4.00. The second kappa shape index (κ2) is 3.87. The van der Waals surface area contributed by atoms with Crippen LogP contribution in [-0.2, 0) is 16.1 Å². The maximum Gasteiger partial charge on any atom is 0.418 e. The molecule has 2 aromatic rings. The van der Waals surface area contributed by atoms with E-state index in [0.29, 0.717) is 17.7 Å². The van der Waals surface area contributed by atoms with Crippen LogP contribution in [0, 0.1) is 0 Å². The third-order valence-corrected chi connectivity index (χ3v) is 2.95. The smallest absolute Gasteiger partial charge is 0.418 e. The topological polar surface area (TPSA) is 57.5 Å². The number of cyclic esters (lactones) is 1. The van der Waals surface area contributed by atoms with Gasteiger partial charge in [0.1, 0.15) is 6.61 Å². The lowest BCUT2D eigenvalue weighted by molar-refractivity contribution is 0.0463. The van der Waals surface area contributed by atoms with Gasteiger partial charge in [-0.1, -0.05) is 6.07 Å². The van der Waals surface area contributed by atoms with Crippen LogP contribution >= 0.6 is 0 Å². The maximum absolute atomic E-state index is 11.8. The summed E-state index contributed by atoms with van der Waals surface area (Å²) < 4.78 is 11.4. The number of carbonyl (C=O) groups excluding carboxylic acids is 2. The molecule has 0 atom stereocenters. The number of ether oxygens (including phenoxy) is 2. The van der Waals surface area contributed by atoms with Gasteiger partial charge < -0.3 is 9.47 Å². The van der Waals surface area contributed by atoms with E-state index < -0.39 is 6.09 Å². The Kier molecular flexibility index (Phi) is 2.33. The molecule has 1 aliphatic heterocycles. The van der Waals surface area contributed by atoms with Crippen molar-refractivity contribution >= 4 is 23.0 Å². The van der Waals surface area contributed by atoms with E-state index in [4.69, 9.17) is 9.47 Å². The second-order valence-electron chi connectivity index (χ2n) is 4.00. The molecule has 1 aliphatic rings. The van der Waals surface area contributed by atoms with Crippen LogP contribution in [0.25, 0.3) is 10.9 Å². The molecule has 0 amide bonds. The van der Waals surface area contributed by atoms with Crippen LogP contribution in [-0.4, -0.2) is 23.2 Å². The van der Waals surface area contributed by atoms with Crippen molar-refractivity contribution in [3.05, 3.63) is 35.5 Å². The molecule has 0 radical (unpaired) electrons. The Morgan fingerprint density at radius 3 is 3.11 bits per heavy atom. The molecule has 0 unspecified atom stereocenters. The molecular formula is C13H11NO4. The fourth-order valence-corrected chi connectivity index (χ4v) is 2.21. The minimum absolute atomic E-state index is 0.193. The summed E-state index contributed by atoms with van der Waals surface area (Å²) in [5.74, 6) is -0.352. The van der Waals surface area contributed by atoms with Gasteiger partial charge in [0.25, 0.3) is 0 Å². The average Bonchev–Trinajstić information content (AvgIpc) is 2.75. The molecule has 3 rings (SSSR count). The third kappa shape index (κ3) is 1.40. The van der Waals surface area contributed by atoms with Gasteiger partial charge in [0.2, 0.25) is 0 Å². The molecular weight excluding hydrogens is 234 g/mol. The molecule has 5 nitrogen and oxygen atoms in total. The molecule has 5 heteroatoms. The van der Waals surface area contributed by atoms with E-state index >= 15 is 0 Å². The number of benzene rings is 1. The zero-order valence-corrected chi connectivity index (χ0v) is 9.80. The van der Waals surface area contributed by atoms with Crippen molar-refractivity contribution in [2.24, 2.45) is 0 Å². The van der Waals surface area contributed by atoms with E-state index in [2.05, 4.69) is 0 Å². The van der Waals surface area contributed by atoms with Gasteiger partial charge >= 0.3 is 12.1 Å². The first kappa shape index (κ1) is 10.8. The van der Waals surface area contributed by atoms with Gasteiger partial charge in [-0.2, -0.15) is 0 Å². The molecule has 1 aromatic heterocycles. The van der Waals surface area contributed by atoms with Crippen LogP contribution in [0.1, 0.15) is 22.8 Å². The summed E-state index contributed by atoms with van der Waals surface area (Å²) >= 11 is 0. The van der Waals surface area contributed by atoms with Crippen LogP contribution in [0.5, 0.6) is 0 Å². The molecule has 0 N–H and O–H groups in total. The minimum atomic E-state index is -0.444. The highest BCUT2D eigenvalue weighted by molar-refractivity contribution is 6.08. The Balaban J connectivity index is 2.26. The van der Waals surface area contributed by atoms with Crippen molar-refractivity contribution < 1.29 is 19.1 Å². The van der Waals surface area contributed by atoms with E-state index in [1.165, 1.54) is 4.57 Å². The van der Waals surface area contributed by atoms with E-state index in [1.54, 1.807) is 31.3 Å². The highest BCUT2D eigenvalue weighted by Gasteiger charge is 2.24. The number of carbonyl (C=O) groups is 2. The zero-order chi connectivity index (χ0) is 12.7. The van der Waals surface area contributed by atoms with Crippen molar-refractivity contribution in [2.45, 2.75) is 13.5 Å². The van der Waals surface area contributed by atoms with Crippen molar-refractivity contribution in [3.8, 4) is 0 Å². The molecule has 0 saturated heterocycles. The van der Waals surface area contributed by atoms with Gasteiger partial charge in [0, 0.05) is 17.1 Å². The molecule has 0 spiro atoms. The summed E-state index contributed by atoms with van der Waals surface area (Å²) in [7, 11) is 0. The first-order chi connectivity index (χ1) is 8.72. The third-order valence-electron chi connectivity index (χ3n) is 2.95. The van der Waals surface area contributed by atoms with Gasteiger partial charge in [0.15, 0.2) is 0 Å². The number of esters is 1. The lowest BCUT2D eigenvalue weighted by Gasteiger charge is -2.11. The fourth-order valence-electron chi connectivity index (χ4n) is 2.21. The van der Waals surface area contributed by atoms with Gasteiger partial charge in [-0.3, -0.25) is 4.57 Å².